The van der Waals surface area contributed by atoms with Crippen LogP contribution in [0.15, 0.2) is 59.0 Å². The van der Waals surface area contributed by atoms with Crippen LogP contribution in [0.3, 0.4) is 0 Å². The number of hydrogen-bond donors (Lipinski definition) is 0. The van der Waals surface area contributed by atoms with Gasteiger partial charge < -0.3 is 14.2 Å². The van der Waals surface area contributed by atoms with Gasteiger partial charge in [0.25, 0.3) is 5.91 Å². The lowest BCUT2D eigenvalue weighted by Crippen LogP contribution is -2.61. The smallest absolute Gasteiger partial charge is 0.254 e. The highest BCUT2D eigenvalue weighted by atomic mass is 16.3. The van der Waals surface area contributed by atoms with Crippen molar-refractivity contribution in [3.05, 3.63) is 71.5 Å². The Morgan fingerprint density at radius 3 is 2.61 bits per heavy atom. The molecule has 2 amide bonds. The molecule has 0 aliphatic carbocycles. The molecule has 0 bridgehead atoms. The molecule has 1 aromatic heterocycles. The number of furan rings is 1. The van der Waals surface area contributed by atoms with Gasteiger partial charge in [0.2, 0.25) is 5.91 Å². The maximum Gasteiger partial charge on any atom is 0.254 e. The second-order valence-electron chi connectivity index (χ2n) is 8.83. The second-order valence-corrected chi connectivity index (χ2v) is 8.83. The van der Waals surface area contributed by atoms with Crippen molar-refractivity contribution in [2.24, 2.45) is 0 Å². The number of carbonyl (C=O) groups excluding carboxylic acids is 2. The molecule has 1 atom stereocenters. The number of benzene rings is 2. The minimum absolute atomic E-state index is 0.0449. The van der Waals surface area contributed by atoms with E-state index in [9.17, 15) is 9.59 Å². The first-order valence-corrected chi connectivity index (χ1v) is 11.2. The lowest BCUT2D eigenvalue weighted by molar-refractivity contribution is -0.145. The van der Waals surface area contributed by atoms with Crippen LogP contribution in [-0.2, 0) is 11.2 Å². The third-order valence-corrected chi connectivity index (χ3v) is 6.84. The fourth-order valence-electron chi connectivity index (χ4n) is 5.31. The van der Waals surface area contributed by atoms with Crippen LogP contribution in [0, 0.1) is 6.92 Å². The van der Waals surface area contributed by atoms with Gasteiger partial charge in [-0.2, -0.15) is 0 Å². The molecular weight excluding hydrogens is 388 g/mol. The quantitative estimate of drug-likeness (QED) is 0.626. The van der Waals surface area contributed by atoms with Crippen molar-refractivity contribution in [2.75, 3.05) is 19.6 Å². The lowest BCUT2D eigenvalue weighted by Gasteiger charge is -2.44. The van der Waals surface area contributed by atoms with Gasteiger partial charge >= 0.3 is 0 Å². The van der Waals surface area contributed by atoms with Crippen molar-refractivity contribution in [3.8, 4) is 0 Å². The molecule has 5 nitrogen and oxygen atoms in total. The minimum atomic E-state index is -0.687. The highest BCUT2D eigenvalue weighted by molar-refractivity contribution is 6.02. The first-order chi connectivity index (χ1) is 15.1. The highest BCUT2D eigenvalue weighted by Crippen LogP contribution is 2.39. The number of amides is 2. The van der Waals surface area contributed by atoms with E-state index in [-0.39, 0.29) is 11.8 Å². The van der Waals surface area contributed by atoms with Crippen molar-refractivity contribution in [1.29, 1.82) is 0 Å². The first-order valence-electron chi connectivity index (χ1n) is 11.2. The number of piperidine rings is 1. The number of likely N-dealkylation sites (tertiary alicyclic amines) is 2. The summed E-state index contributed by atoms with van der Waals surface area (Å²) in [6.07, 6.45) is 4.16. The van der Waals surface area contributed by atoms with E-state index in [2.05, 4.69) is 12.1 Å². The molecule has 0 radical (unpaired) electrons. The van der Waals surface area contributed by atoms with Gasteiger partial charge in [0, 0.05) is 30.6 Å². The molecule has 1 spiro atoms. The Bertz CT molecular complexity index is 1120. The van der Waals surface area contributed by atoms with E-state index in [1.165, 1.54) is 5.56 Å². The Labute approximate surface area is 182 Å². The Hall–Kier alpha value is -3.08. The van der Waals surface area contributed by atoms with Crippen molar-refractivity contribution < 1.29 is 14.0 Å². The van der Waals surface area contributed by atoms with Gasteiger partial charge in [-0.1, -0.05) is 30.3 Å². The molecular formula is C26H28N2O3. The van der Waals surface area contributed by atoms with Crippen LogP contribution < -0.4 is 0 Å². The van der Waals surface area contributed by atoms with E-state index in [0.717, 1.165) is 55.4 Å². The van der Waals surface area contributed by atoms with Gasteiger partial charge in [-0.05, 0) is 68.9 Å². The fraction of sp³-hybridized carbons (Fsp3) is 0.385. The summed E-state index contributed by atoms with van der Waals surface area (Å²) in [5.41, 5.74) is 1.96. The van der Waals surface area contributed by atoms with Gasteiger partial charge in [0.15, 0.2) is 0 Å². The number of fused-ring (bicyclic) bond motifs is 1. The van der Waals surface area contributed by atoms with Crippen LogP contribution in [0.2, 0.25) is 0 Å². The maximum absolute atomic E-state index is 13.6. The third kappa shape index (κ3) is 3.52. The monoisotopic (exact) mass is 416 g/mol. The van der Waals surface area contributed by atoms with Gasteiger partial charge in [-0.25, -0.2) is 0 Å². The second kappa shape index (κ2) is 7.88. The van der Waals surface area contributed by atoms with Gasteiger partial charge in [-0.3, -0.25) is 9.59 Å². The van der Waals surface area contributed by atoms with E-state index >= 15 is 0 Å². The Morgan fingerprint density at radius 2 is 1.81 bits per heavy atom. The van der Waals surface area contributed by atoms with E-state index in [1.54, 1.807) is 0 Å². The van der Waals surface area contributed by atoms with Crippen LogP contribution >= 0.6 is 0 Å². The molecule has 3 aromatic rings. The number of hydrogen-bond acceptors (Lipinski definition) is 3. The molecule has 1 unspecified atom stereocenters. The zero-order valence-electron chi connectivity index (χ0n) is 18.0. The molecule has 2 aliphatic heterocycles. The third-order valence-electron chi connectivity index (χ3n) is 6.84. The Balaban J connectivity index is 1.37. The van der Waals surface area contributed by atoms with Crippen LogP contribution in [0.25, 0.3) is 11.0 Å². The molecule has 160 valence electrons. The predicted octanol–water partition coefficient (Wildman–Crippen LogP) is 4.58. The molecule has 31 heavy (non-hydrogen) atoms. The van der Waals surface area contributed by atoms with Crippen LogP contribution in [-0.4, -0.2) is 46.8 Å². The number of aryl methyl sites for hydroxylation is 1. The largest absolute Gasteiger partial charge is 0.461 e. The summed E-state index contributed by atoms with van der Waals surface area (Å²) in [4.78, 5) is 31.0. The molecule has 5 rings (SSSR count). The van der Waals surface area contributed by atoms with Crippen LogP contribution in [0.5, 0.6) is 0 Å². The van der Waals surface area contributed by atoms with E-state index in [1.807, 2.05) is 59.2 Å². The SMILES string of the molecule is Cc1cc2cc(C(=O)N3CCCC34CCCN(CCc3ccccc3)C4=O)ccc2o1. The Morgan fingerprint density at radius 1 is 1.03 bits per heavy atom. The maximum atomic E-state index is 13.6. The summed E-state index contributed by atoms with van der Waals surface area (Å²) in [5.74, 6) is 0.908. The minimum Gasteiger partial charge on any atom is -0.461 e. The van der Waals surface area contributed by atoms with Crippen molar-refractivity contribution in [1.82, 2.24) is 9.80 Å². The molecule has 2 fully saturated rings. The summed E-state index contributed by atoms with van der Waals surface area (Å²) < 4.78 is 5.65. The molecule has 0 N–H and O–H groups in total. The fourth-order valence-corrected chi connectivity index (χ4v) is 5.31. The molecule has 3 heterocycles. The summed E-state index contributed by atoms with van der Waals surface area (Å²) >= 11 is 0. The van der Waals surface area contributed by atoms with Gasteiger partial charge in [-0.15, -0.1) is 0 Å². The van der Waals surface area contributed by atoms with E-state index in [4.69, 9.17) is 4.42 Å². The summed E-state index contributed by atoms with van der Waals surface area (Å²) in [7, 11) is 0. The lowest BCUT2D eigenvalue weighted by atomic mass is 9.84. The zero-order chi connectivity index (χ0) is 21.4. The highest BCUT2D eigenvalue weighted by Gasteiger charge is 2.52. The van der Waals surface area contributed by atoms with Gasteiger partial charge in [0.1, 0.15) is 16.9 Å². The van der Waals surface area contributed by atoms with E-state index in [0.29, 0.717) is 18.7 Å². The van der Waals surface area contributed by atoms with Crippen molar-refractivity contribution in [3.63, 3.8) is 0 Å². The van der Waals surface area contributed by atoms with Crippen LogP contribution in [0.4, 0.5) is 0 Å². The number of nitrogens with zero attached hydrogens (tertiary/aromatic N) is 2. The topological polar surface area (TPSA) is 53.8 Å². The molecule has 5 heteroatoms. The first kappa shape index (κ1) is 19.9. The normalized spacial score (nSPS) is 21.4. The van der Waals surface area contributed by atoms with Crippen LogP contribution in [0.1, 0.15) is 47.4 Å². The number of rotatable bonds is 4. The van der Waals surface area contributed by atoms with Crippen molar-refractivity contribution in [2.45, 2.75) is 44.6 Å². The standard InChI is InChI=1S/C26H28N2O3/c1-19-17-22-18-21(9-10-23(22)31-19)24(29)28-15-6-13-26(28)12-5-14-27(25(26)30)16-11-20-7-3-2-4-8-20/h2-4,7-10,17-18H,5-6,11-16H2,1H3. The number of carbonyl (C=O) groups is 2. The average molecular weight is 417 g/mol. The van der Waals surface area contributed by atoms with E-state index < -0.39 is 5.54 Å². The molecule has 2 aromatic carbocycles. The van der Waals surface area contributed by atoms with Crippen molar-refractivity contribution >= 4 is 22.8 Å². The summed E-state index contributed by atoms with van der Waals surface area (Å²) in [5, 5.41) is 0.927. The predicted molar refractivity (Wildman–Crippen MR) is 120 cm³/mol. The summed E-state index contributed by atoms with van der Waals surface area (Å²) in [6, 6.07) is 17.8. The summed E-state index contributed by atoms with van der Waals surface area (Å²) in [6.45, 7) is 4.02. The van der Waals surface area contributed by atoms with Gasteiger partial charge in [0.05, 0.1) is 0 Å². The average Bonchev–Trinajstić information content (AvgIpc) is 3.37. The molecule has 0 saturated carbocycles. The molecule has 2 saturated heterocycles. The Kier molecular flexibility index (Phi) is 5.05. The zero-order valence-corrected chi connectivity index (χ0v) is 18.0. The molecule has 2 aliphatic rings.